The van der Waals surface area contributed by atoms with E-state index in [0.717, 1.165) is 24.2 Å². The van der Waals surface area contributed by atoms with Crippen molar-refractivity contribution in [2.24, 2.45) is 0 Å². The van der Waals surface area contributed by atoms with Gasteiger partial charge in [0.05, 0.1) is 0 Å². The standard InChI is InChI=1S/C15H18O/c1-4-8-13-12-9-6-7-10-14(12)16-15(13)11(3)5-2/h5-7,9-11H,2,4,8H2,1,3H3. The first-order valence-electron chi connectivity index (χ1n) is 5.90. The smallest absolute Gasteiger partial charge is 0.134 e. The molecule has 0 N–H and O–H groups in total. The summed E-state index contributed by atoms with van der Waals surface area (Å²) in [6, 6.07) is 8.26. The van der Waals surface area contributed by atoms with Gasteiger partial charge >= 0.3 is 0 Å². The number of fused-ring (bicyclic) bond motifs is 1. The Morgan fingerprint density at radius 3 is 2.81 bits per heavy atom. The van der Waals surface area contributed by atoms with Gasteiger partial charge in [-0.05, 0) is 12.5 Å². The Hall–Kier alpha value is -1.50. The van der Waals surface area contributed by atoms with Crippen molar-refractivity contribution in [2.75, 3.05) is 0 Å². The third kappa shape index (κ3) is 1.78. The largest absolute Gasteiger partial charge is 0.460 e. The molecule has 1 heteroatoms. The molecule has 1 aromatic heterocycles. The molecule has 2 rings (SSSR count). The third-order valence-corrected chi connectivity index (χ3v) is 3.00. The van der Waals surface area contributed by atoms with Crippen LogP contribution in [0.5, 0.6) is 0 Å². The van der Waals surface area contributed by atoms with E-state index < -0.39 is 0 Å². The Labute approximate surface area is 96.8 Å². The van der Waals surface area contributed by atoms with Crippen LogP contribution < -0.4 is 0 Å². The predicted molar refractivity (Wildman–Crippen MR) is 68.8 cm³/mol. The van der Waals surface area contributed by atoms with Gasteiger partial charge in [0.1, 0.15) is 11.3 Å². The van der Waals surface area contributed by atoms with E-state index in [1.165, 1.54) is 10.9 Å². The Balaban J connectivity index is 2.62. The van der Waals surface area contributed by atoms with Crippen molar-refractivity contribution in [2.45, 2.75) is 32.6 Å². The van der Waals surface area contributed by atoms with Crippen LogP contribution in [0.25, 0.3) is 11.0 Å². The Morgan fingerprint density at radius 2 is 2.12 bits per heavy atom. The summed E-state index contributed by atoms with van der Waals surface area (Å²) < 4.78 is 5.93. The summed E-state index contributed by atoms with van der Waals surface area (Å²) in [6.07, 6.45) is 4.15. The molecule has 0 bridgehead atoms. The molecule has 0 aliphatic rings. The molecule has 1 nitrogen and oxygen atoms in total. The molecule has 0 amide bonds. The van der Waals surface area contributed by atoms with Crippen LogP contribution in [-0.2, 0) is 6.42 Å². The van der Waals surface area contributed by atoms with Crippen LogP contribution in [0.4, 0.5) is 0 Å². The van der Waals surface area contributed by atoms with Crippen LogP contribution in [0.1, 0.15) is 37.5 Å². The van der Waals surface area contributed by atoms with E-state index in [1.807, 2.05) is 18.2 Å². The average molecular weight is 214 g/mol. The molecule has 0 fully saturated rings. The van der Waals surface area contributed by atoms with Gasteiger partial charge in [-0.25, -0.2) is 0 Å². The molecule has 0 spiro atoms. The Bertz CT molecular complexity index is 493. The zero-order chi connectivity index (χ0) is 11.5. The monoisotopic (exact) mass is 214 g/mol. The molecule has 1 atom stereocenters. The lowest BCUT2D eigenvalue weighted by Crippen LogP contribution is -1.92. The highest BCUT2D eigenvalue weighted by Gasteiger charge is 2.16. The number of aryl methyl sites for hydroxylation is 1. The summed E-state index contributed by atoms with van der Waals surface area (Å²) in [5.41, 5.74) is 2.35. The van der Waals surface area contributed by atoms with Gasteiger partial charge in [-0.1, -0.05) is 44.5 Å². The van der Waals surface area contributed by atoms with Gasteiger partial charge in [0.25, 0.3) is 0 Å². The zero-order valence-corrected chi connectivity index (χ0v) is 9.99. The normalized spacial score (nSPS) is 12.9. The summed E-state index contributed by atoms with van der Waals surface area (Å²) in [4.78, 5) is 0. The first-order valence-corrected chi connectivity index (χ1v) is 5.90. The molecule has 0 radical (unpaired) electrons. The Kier molecular flexibility index (Phi) is 3.14. The van der Waals surface area contributed by atoms with Crippen LogP contribution in [0.2, 0.25) is 0 Å². The lowest BCUT2D eigenvalue weighted by molar-refractivity contribution is 0.529. The molecule has 1 unspecified atom stereocenters. The van der Waals surface area contributed by atoms with Crippen molar-refractivity contribution in [1.29, 1.82) is 0 Å². The van der Waals surface area contributed by atoms with Crippen molar-refractivity contribution in [3.05, 3.63) is 48.2 Å². The highest BCUT2D eigenvalue weighted by molar-refractivity contribution is 5.82. The maximum absolute atomic E-state index is 5.93. The molecule has 0 saturated heterocycles. The topological polar surface area (TPSA) is 13.1 Å². The Morgan fingerprint density at radius 1 is 1.38 bits per heavy atom. The summed E-state index contributed by atoms with van der Waals surface area (Å²) in [5.74, 6) is 1.37. The highest BCUT2D eigenvalue weighted by Crippen LogP contribution is 2.32. The zero-order valence-electron chi connectivity index (χ0n) is 9.99. The minimum atomic E-state index is 0.286. The lowest BCUT2D eigenvalue weighted by Gasteiger charge is -2.05. The van der Waals surface area contributed by atoms with E-state index in [0.29, 0.717) is 0 Å². The SMILES string of the molecule is C=CC(C)c1oc2ccccc2c1CCC. The fraction of sp³-hybridized carbons (Fsp3) is 0.333. The van der Waals surface area contributed by atoms with Crippen LogP contribution in [0.15, 0.2) is 41.3 Å². The molecule has 0 aliphatic heterocycles. The fourth-order valence-electron chi connectivity index (χ4n) is 2.10. The molecule has 1 heterocycles. The van der Waals surface area contributed by atoms with Crippen molar-refractivity contribution in [3.63, 3.8) is 0 Å². The number of furan rings is 1. The summed E-state index contributed by atoms with van der Waals surface area (Å²) >= 11 is 0. The van der Waals surface area contributed by atoms with Gasteiger partial charge in [0.2, 0.25) is 0 Å². The molecular formula is C15H18O. The quantitative estimate of drug-likeness (QED) is 0.674. The number of hydrogen-bond acceptors (Lipinski definition) is 1. The molecule has 2 aromatic rings. The van der Waals surface area contributed by atoms with Gasteiger partial charge in [0.15, 0.2) is 0 Å². The minimum Gasteiger partial charge on any atom is -0.460 e. The van der Waals surface area contributed by atoms with E-state index in [1.54, 1.807) is 0 Å². The third-order valence-electron chi connectivity index (χ3n) is 3.00. The van der Waals surface area contributed by atoms with Gasteiger partial charge in [-0.3, -0.25) is 0 Å². The van der Waals surface area contributed by atoms with Crippen molar-refractivity contribution >= 4 is 11.0 Å². The number of para-hydroxylation sites is 1. The van der Waals surface area contributed by atoms with Gasteiger partial charge in [0, 0.05) is 16.9 Å². The first-order chi connectivity index (χ1) is 7.77. The van der Waals surface area contributed by atoms with E-state index in [4.69, 9.17) is 4.42 Å². The number of benzene rings is 1. The van der Waals surface area contributed by atoms with Crippen LogP contribution in [0.3, 0.4) is 0 Å². The van der Waals surface area contributed by atoms with E-state index in [-0.39, 0.29) is 5.92 Å². The van der Waals surface area contributed by atoms with Crippen LogP contribution in [-0.4, -0.2) is 0 Å². The number of allylic oxidation sites excluding steroid dienone is 1. The van der Waals surface area contributed by atoms with E-state index >= 15 is 0 Å². The molecule has 16 heavy (non-hydrogen) atoms. The summed E-state index contributed by atoms with van der Waals surface area (Å²) in [6.45, 7) is 8.18. The highest BCUT2D eigenvalue weighted by atomic mass is 16.3. The molecule has 0 aliphatic carbocycles. The van der Waals surface area contributed by atoms with Crippen LogP contribution in [0, 0.1) is 0 Å². The van der Waals surface area contributed by atoms with Gasteiger partial charge in [-0.2, -0.15) is 0 Å². The van der Waals surface area contributed by atoms with E-state index in [9.17, 15) is 0 Å². The lowest BCUT2D eigenvalue weighted by atomic mass is 9.99. The second-order valence-corrected chi connectivity index (χ2v) is 4.22. The van der Waals surface area contributed by atoms with Crippen molar-refractivity contribution in [3.8, 4) is 0 Å². The fourth-order valence-corrected chi connectivity index (χ4v) is 2.10. The number of hydrogen-bond donors (Lipinski definition) is 0. The van der Waals surface area contributed by atoms with Gasteiger partial charge in [-0.15, -0.1) is 6.58 Å². The predicted octanol–water partition coefficient (Wildman–Crippen LogP) is 4.67. The van der Waals surface area contributed by atoms with E-state index in [2.05, 4.69) is 32.6 Å². The van der Waals surface area contributed by atoms with Gasteiger partial charge < -0.3 is 4.42 Å². The molecular weight excluding hydrogens is 196 g/mol. The summed E-state index contributed by atoms with van der Waals surface area (Å²) in [7, 11) is 0. The second kappa shape index (κ2) is 4.56. The molecule has 1 aromatic carbocycles. The molecule has 84 valence electrons. The number of rotatable bonds is 4. The summed E-state index contributed by atoms with van der Waals surface area (Å²) in [5, 5.41) is 1.26. The van der Waals surface area contributed by atoms with Crippen LogP contribution >= 0.6 is 0 Å². The molecule has 0 saturated carbocycles. The van der Waals surface area contributed by atoms with Crippen molar-refractivity contribution in [1.82, 2.24) is 0 Å². The minimum absolute atomic E-state index is 0.286. The maximum Gasteiger partial charge on any atom is 0.134 e. The maximum atomic E-state index is 5.93. The van der Waals surface area contributed by atoms with Crippen molar-refractivity contribution < 1.29 is 4.42 Å². The second-order valence-electron chi connectivity index (χ2n) is 4.22. The average Bonchev–Trinajstić information content (AvgIpc) is 2.68. The first kappa shape index (κ1) is 11.0.